The number of nitrogens with zero attached hydrogens (tertiary/aromatic N) is 4. The predicted molar refractivity (Wildman–Crippen MR) is 138 cm³/mol. The Kier molecular flexibility index (Phi) is 7.03. The molecule has 1 atom stereocenters. The fourth-order valence-corrected chi connectivity index (χ4v) is 4.56. The molecule has 2 fully saturated rings. The number of piperazine rings is 1. The van der Waals surface area contributed by atoms with Gasteiger partial charge in [0.25, 0.3) is 5.91 Å². The highest BCUT2D eigenvalue weighted by Gasteiger charge is 2.33. The number of hydrogen-bond acceptors (Lipinski definition) is 9. The lowest BCUT2D eigenvalue weighted by Crippen LogP contribution is -2.49. The quantitative estimate of drug-likeness (QED) is 0.477. The molecule has 0 spiro atoms. The van der Waals surface area contributed by atoms with Gasteiger partial charge in [-0.15, -0.1) is 0 Å². The number of fused-ring (bicyclic) bond motifs is 1. The summed E-state index contributed by atoms with van der Waals surface area (Å²) in [7, 11) is 3.17. The van der Waals surface area contributed by atoms with Crippen LogP contribution in [-0.4, -0.2) is 86.3 Å². The van der Waals surface area contributed by atoms with E-state index in [2.05, 4.69) is 4.90 Å². The lowest BCUT2D eigenvalue weighted by molar-refractivity contribution is -0.141. The van der Waals surface area contributed by atoms with Crippen LogP contribution in [0.2, 0.25) is 0 Å². The Hall–Kier alpha value is -3.63. The third-order valence-electron chi connectivity index (χ3n) is 6.50. The normalized spacial score (nSPS) is 19.2. The van der Waals surface area contributed by atoms with E-state index in [0.29, 0.717) is 72.6 Å². The number of ether oxygens (including phenoxy) is 5. The highest BCUT2D eigenvalue weighted by atomic mass is 16.7. The maximum atomic E-state index is 12.9. The second-order valence-electron chi connectivity index (χ2n) is 9.46. The topological polar surface area (TPSA) is 95.5 Å². The van der Waals surface area contributed by atoms with Gasteiger partial charge in [0.05, 0.1) is 31.7 Å². The van der Waals surface area contributed by atoms with Gasteiger partial charge in [0.2, 0.25) is 11.8 Å². The molecule has 37 heavy (non-hydrogen) atoms. The van der Waals surface area contributed by atoms with Crippen molar-refractivity contribution in [1.82, 2.24) is 14.9 Å². The number of aromatic nitrogens is 2. The minimum Gasteiger partial charge on any atom is -0.493 e. The molecule has 1 aromatic heterocycles. The summed E-state index contributed by atoms with van der Waals surface area (Å²) in [6.07, 6.45) is -0.212. The zero-order valence-corrected chi connectivity index (χ0v) is 21.6. The molecule has 0 saturated carbocycles. The fraction of sp³-hybridized carbons (Fsp3) is 0.444. The molecule has 2 saturated heterocycles. The van der Waals surface area contributed by atoms with Crippen molar-refractivity contribution >= 4 is 22.8 Å². The largest absolute Gasteiger partial charge is 0.493 e. The summed E-state index contributed by atoms with van der Waals surface area (Å²) in [6.45, 7) is 6.82. The summed E-state index contributed by atoms with van der Waals surface area (Å²) in [5.74, 6) is 1.48. The van der Waals surface area contributed by atoms with Gasteiger partial charge < -0.3 is 33.5 Å². The van der Waals surface area contributed by atoms with Crippen molar-refractivity contribution in [2.75, 3.05) is 58.5 Å². The van der Waals surface area contributed by atoms with Gasteiger partial charge >= 0.3 is 0 Å². The van der Waals surface area contributed by atoms with Crippen molar-refractivity contribution in [3.8, 4) is 17.4 Å². The van der Waals surface area contributed by atoms with Crippen LogP contribution in [-0.2, 0) is 9.47 Å². The Labute approximate surface area is 216 Å². The van der Waals surface area contributed by atoms with E-state index in [4.69, 9.17) is 33.7 Å². The van der Waals surface area contributed by atoms with Gasteiger partial charge in [0.15, 0.2) is 17.3 Å². The van der Waals surface area contributed by atoms with Gasteiger partial charge in [-0.2, -0.15) is 4.98 Å². The Morgan fingerprint density at radius 2 is 1.73 bits per heavy atom. The number of benzene rings is 2. The Morgan fingerprint density at radius 1 is 1.03 bits per heavy atom. The van der Waals surface area contributed by atoms with Gasteiger partial charge in [0.1, 0.15) is 12.7 Å². The van der Waals surface area contributed by atoms with Gasteiger partial charge in [0, 0.05) is 37.8 Å². The Morgan fingerprint density at radius 3 is 2.38 bits per heavy atom. The molecule has 0 aliphatic carbocycles. The zero-order valence-electron chi connectivity index (χ0n) is 21.6. The van der Waals surface area contributed by atoms with Crippen LogP contribution >= 0.6 is 0 Å². The maximum absolute atomic E-state index is 12.9. The first-order valence-corrected chi connectivity index (χ1v) is 12.3. The lowest BCUT2D eigenvalue weighted by Gasteiger charge is -2.35. The molecule has 5 rings (SSSR count). The number of rotatable bonds is 7. The van der Waals surface area contributed by atoms with Crippen LogP contribution in [0, 0.1) is 0 Å². The molecule has 1 unspecified atom stereocenters. The molecule has 3 aromatic rings. The molecule has 0 bridgehead atoms. The van der Waals surface area contributed by atoms with Crippen LogP contribution in [0.4, 0.5) is 5.95 Å². The van der Waals surface area contributed by atoms with Crippen LogP contribution in [0.15, 0.2) is 42.5 Å². The van der Waals surface area contributed by atoms with E-state index in [0.717, 1.165) is 0 Å². The average Bonchev–Trinajstić information content (AvgIpc) is 3.29. The molecule has 2 aromatic carbocycles. The summed E-state index contributed by atoms with van der Waals surface area (Å²) >= 11 is 0. The SMILES string of the molecule is COc1cc2nc(N3CCN(C(=O)c4ccccc4)CC3)nc(OCC3COC(C)(C)O3)c2cc1OC. The molecule has 2 aliphatic rings. The van der Waals surface area contributed by atoms with E-state index in [-0.39, 0.29) is 18.6 Å². The van der Waals surface area contributed by atoms with Crippen LogP contribution < -0.4 is 19.1 Å². The van der Waals surface area contributed by atoms with Crippen molar-refractivity contribution in [3.63, 3.8) is 0 Å². The van der Waals surface area contributed by atoms with Gasteiger partial charge in [-0.1, -0.05) is 18.2 Å². The standard InChI is InChI=1S/C27H32N4O6/c1-27(2)36-17-19(37-27)16-35-24-20-14-22(33-3)23(34-4)15-21(20)28-26(29-24)31-12-10-30(11-13-31)25(32)18-8-6-5-7-9-18/h5-9,14-15,19H,10-13,16-17H2,1-4H3. The highest BCUT2D eigenvalue weighted by Crippen LogP contribution is 2.36. The molecule has 196 valence electrons. The number of methoxy groups -OCH3 is 2. The van der Waals surface area contributed by atoms with Gasteiger partial charge in [-0.25, -0.2) is 4.98 Å². The summed E-state index contributed by atoms with van der Waals surface area (Å²) in [6, 6.07) is 13.0. The number of anilines is 1. The first kappa shape index (κ1) is 25.0. The molecule has 10 nitrogen and oxygen atoms in total. The number of amides is 1. The Balaban J connectivity index is 1.39. The van der Waals surface area contributed by atoms with E-state index in [9.17, 15) is 4.79 Å². The molecule has 2 aliphatic heterocycles. The van der Waals surface area contributed by atoms with Crippen molar-refractivity contribution < 1.29 is 28.5 Å². The zero-order chi connectivity index (χ0) is 26.0. The van der Waals surface area contributed by atoms with E-state index in [1.54, 1.807) is 14.2 Å². The molecule has 10 heteroatoms. The van der Waals surface area contributed by atoms with Gasteiger partial charge in [-0.3, -0.25) is 4.79 Å². The minimum absolute atomic E-state index is 0.0299. The number of carbonyl (C=O) groups is 1. The van der Waals surface area contributed by atoms with Crippen LogP contribution in [0.5, 0.6) is 17.4 Å². The highest BCUT2D eigenvalue weighted by molar-refractivity contribution is 5.94. The first-order valence-electron chi connectivity index (χ1n) is 12.3. The van der Waals surface area contributed by atoms with E-state index in [1.807, 2.05) is 61.2 Å². The first-order chi connectivity index (χ1) is 17.9. The van der Waals surface area contributed by atoms with Crippen LogP contribution in [0.3, 0.4) is 0 Å². The van der Waals surface area contributed by atoms with Crippen LogP contribution in [0.25, 0.3) is 10.9 Å². The third kappa shape index (κ3) is 5.40. The molecular formula is C27H32N4O6. The molecule has 0 radical (unpaired) electrons. The van der Waals surface area contributed by atoms with Crippen molar-refractivity contribution in [1.29, 1.82) is 0 Å². The predicted octanol–water partition coefficient (Wildman–Crippen LogP) is 3.14. The monoisotopic (exact) mass is 508 g/mol. The third-order valence-corrected chi connectivity index (χ3v) is 6.50. The summed E-state index contributed by atoms with van der Waals surface area (Å²) < 4.78 is 28.7. The number of hydrogen-bond donors (Lipinski definition) is 0. The van der Waals surface area contributed by atoms with E-state index in [1.165, 1.54) is 0 Å². The molecule has 0 N–H and O–H groups in total. The number of carbonyl (C=O) groups excluding carboxylic acids is 1. The van der Waals surface area contributed by atoms with Crippen LogP contribution in [0.1, 0.15) is 24.2 Å². The molecular weight excluding hydrogens is 476 g/mol. The van der Waals surface area contributed by atoms with E-state index < -0.39 is 5.79 Å². The summed E-state index contributed by atoms with van der Waals surface area (Å²) in [5.41, 5.74) is 1.36. The Bertz CT molecular complexity index is 1260. The lowest BCUT2D eigenvalue weighted by atomic mass is 10.2. The minimum atomic E-state index is -0.639. The maximum Gasteiger partial charge on any atom is 0.253 e. The van der Waals surface area contributed by atoms with Gasteiger partial charge in [-0.05, 0) is 32.0 Å². The second kappa shape index (κ2) is 10.4. The molecule has 3 heterocycles. The van der Waals surface area contributed by atoms with Crippen molar-refractivity contribution in [2.24, 2.45) is 0 Å². The van der Waals surface area contributed by atoms with E-state index >= 15 is 0 Å². The summed E-state index contributed by atoms with van der Waals surface area (Å²) in [4.78, 5) is 26.4. The smallest absolute Gasteiger partial charge is 0.253 e. The summed E-state index contributed by atoms with van der Waals surface area (Å²) in [5, 5.41) is 0.706. The fourth-order valence-electron chi connectivity index (χ4n) is 4.56. The van der Waals surface area contributed by atoms with Crippen molar-refractivity contribution in [2.45, 2.75) is 25.7 Å². The molecule has 1 amide bonds. The second-order valence-corrected chi connectivity index (χ2v) is 9.46. The average molecular weight is 509 g/mol. The van der Waals surface area contributed by atoms with Crippen molar-refractivity contribution in [3.05, 3.63) is 48.0 Å².